The highest BCUT2D eigenvalue weighted by Crippen LogP contribution is 2.28. The minimum Gasteiger partial charge on any atom is -0.366 e. The summed E-state index contributed by atoms with van der Waals surface area (Å²) >= 11 is 1.28. The molecule has 0 bridgehead atoms. The topological polar surface area (TPSA) is 114 Å². The zero-order valence-electron chi connectivity index (χ0n) is 15.8. The van der Waals surface area contributed by atoms with Crippen molar-refractivity contribution in [3.05, 3.63) is 69.8 Å². The molecule has 8 nitrogen and oxygen atoms in total. The number of pyridine rings is 1. The lowest BCUT2D eigenvalue weighted by atomic mass is 10.1. The second-order valence-electron chi connectivity index (χ2n) is 6.47. The number of rotatable bonds is 5. The number of aromatic nitrogens is 3. The summed E-state index contributed by atoms with van der Waals surface area (Å²) < 4.78 is 14.4. The summed E-state index contributed by atoms with van der Waals surface area (Å²) in [6.07, 6.45) is 1.70. The van der Waals surface area contributed by atoms with Crippen LogP contribution in [0.4, 0.5) is 10.3 Å². The smallest absolute Gasteiger partial charge is 0.261 e. The average Bonchev–Trinajstić information content (AvgIpc) is 3.38. The molecule has 0 unspecified atom stereocenters. The van der Waals surface area contributed by atoms with E-state index in [0.717, 1.165) is 11.1 Å². The van der Waals surface area contributed by atoms with Gasteiger partial charge < -0.3 is 16.4 Å². The van der Waals surface area contributed by atoms with Crippen molar-refractivity contribution in [2.75, 3.05) is 12.8 Å². The van der Waals surface area contributed by atoms with Gasteiger partial charge in [0.2, 0.25) is 5.95 Å². The number of nitrogen functional groups attached to an aromatic ring is 1. The number of hydrogen-bond acceptors (Lipinski definition) is 6. The molecule has 1 aromatic carbocycles. The van der Waals surface area contributed by atoms with Crippen molar-refractivity contribution in [1.82, 2.24) is 25.2 Å². The number of carbonyl (C=O) groups is 2. The summed E-state index contributed by atoms with van der Waals surface area (Å²) in [5, 5.41) is 11.3. The number of benzene rings is 1. The van der Waals surface area contributed by atoms with Crippen LogP contribution in [0, 0.1) is 5.82 Å². The molecular weight excluding hydrogens is 407 g/mol. The molecule has 0 radical (unpaired) electrons. The Hall–Kier alpha value is -3.79. The minimum absolute atomic E-state index is 0.0588. The molecular formula is C20H17FN6O2S. The maximum absolute atomic E-state index is 13.0. The summed E-state index contributed by atoms with van der Waals surface area (Å²) in [6.45, 7) is 0.289. The number of halogens is 1. The maximum atomic E-state index is 13.0. The van der Waals surface area contributed by atoms with Crippen molar-refractivity contribution in [3.63, 3.8) is 0 Å². The van der Waals surface area contributed by atoms with Gasteiger partial charge in [0.1, 0.15) is 5.82 Å². The average molecular weight is 424 g/mol. The molecule has 3 heterocycles. The van der Waals surface area contributed by atoms with Crippen LogP contribution < -0.4 is 16.4 Å². The number of hydrogen-bond donors (Lipinski definition) is 3. The van der Waals surface area contributed by atoms with E-state index in [4.69, 9.17) is 5.73 Å². The summed E-state index contributed by atoms with van der Waals surface area (Å²) in [5.74, 6) is -0.825. The van der Waals surface area contributed by atoms with Gasteiger partial charge in [-0.3, -0.25) is 9.59 Å². The third-order valence-corrected chi connectivity index (χ3v) is 5.37. The summed E-state index contributed by atoms with van der Waals surface area (Å²) in [4.78, 5) is 29.3. The van der Waals surface area contributed by atoms with Gasteiger partial charge in [-0.25, -0.2) is 8.91 Å². The van der Waals surface area contributed by atoms with E-state index in [1.807, 2.05) is 5.38 Å². The second-order valence-corrected chi connectivity index (χ2v) is 7.38. The van der Waals surface area contributed by atoms with Gasteiger partial charge in [0.25, 0.3) is 11.8 Å². The molecule has 0 aliphatic heterocycles. The number of anilines is 1. The molecule has 0 atom stereocenters. The highest BCUT2D eigenvalue weighted by atomic mass is 32.1. The van der Waals surface area contributed by atoms with E-state index in [0.29, 0.717) is 21.7 Å². The molecule has 0 saturated heterocycles. The standard InChI is InChI=1S/C20H17FN6O2S/c1-23-18(28)15-6-12(9-27-17(15)25-20(22)26-27)13-7-16(30-10-13)19(29)24-8-11-2-4-14(21)5-3-11/h2-7,9-10H,8H2,1H3,(H2,22,26)(H,23,28)(H,24,29). The van der Waals surface area contributed by atoms with Gasteiger partial charge in [0.05, 0.1) is 10.4 Å². The van der Waals surface area contributed by atoms with Gasteiger partial charge >= 0.3 is 0 Å². The first-order chi connectivity index (χ1) is 14.4. The van der Waals surface area contributed by atoms with Crippen LogP contribution in [0.15, 0.2) is 48.0 Å². The van der Waals surface area contributed by atoms with E-state index >= 15 is 0 Å². The normalized spacial score (nSPS) is 10.9. The van der Waals surface area contributed by atoms with Crippen LogP contribution in [0.25, 0.3) is 16.8 Å². The van der Waals surface area contributed by atoms with Crippen LogP contribution in [0.3, 0.4) is 0 Å². The first kappa shape index (κ1) is 19.5. The zero-order valence-corrected chi connectivity index (χ0v) is 16.7. The Bertz CT molecular complexity index is 1250. The van der Waals surface area contributed by atoms with Crippen LogP contribution in [0.5, 0.6) is 0 Å². The highest BCUT2D eigenvalue weighted by Gasteiger charge is 2.17. The third-order valence-electron chi connectivity index (χ3n) is 4.44. The fourth-order valence-corrected chi connectivity index (χ4v) is 3.77. The molecule has 30 heavy (non-hydrogen) atoms. The predicted molar refractivity (Wildman–Crippen MR) is 112 cm³/mol. The fourth-order valence-electron chi connectivity index (χ4n) is 2.94. The van der Waals surface area contributed by atoms with Gasteiger partial charge in [0.15, 0.2) is 5.65 Å². The Morgan fingerprint density at radius 2 is 1.93 bits per heavy atom. The molecule has 152 valence electrons. The van der Waals surface area contributed by atoms with E-state index in [1.54, 1.807) is 30.5 Å². The summed E-state index contributed by atoms with van der Waals surface area (Å²) in [7, 11) is 1.53. The molecule has 2 amide bonds. The summed E-state index contributed by atoms with van der Waals surface area (Å²) in [5.41, 5.74) is 8.60. The van der Waals surface area contributed by atoms with Crippen LogP contribution in [-0.2, 0) is 6.54 Å². The molecule has 4 aromatic rings. The molecule has 10 heteroatoms. The number of nitrogens with one attached hydrogen (secondary N) is 2. The molecule has 0 saturated carbocycles. The van der Waals surface area contributed by atoms with Crippen LogP contribution >= 0.6 is 11.3 Å². The van der Waals surface area contributed by atoms with Gasteiger partial charge in [0, 0.05) is 25.4 Å². The number of nitrogens with zero attached hydrogens (tertiary/aromatic N) is 3. The van der Waals surface area contributed by atoms with Crippen molar-refractivity contribution in [1.29, 1.82) is 0 Å². The highest BCUT2D eigenvalue weighted by molar-refractivity contribution is 7.12. The molecule has 0 aliphatic carbocycles. The number of nitrogens with two attached hydrogens (primary N) is 1. The van der Waals surface area contributed by atoms with E-state index < -0.39 is 0 Å². The first-order valence-electron chi connectivity index (χ1n) is 8.94. The number of thiophene rings is 1. The molecule has 3 aromatic heterocycles. The van der Waals surface area contributed by atoms with E-state index in [2.05, 4.69) is 20.7 Å². The van der Waals surface area contributed by atoms with Crippen molar-refractivity contribution >= 4 is 34.7 Å². The molecule has 4 rings (SSSR count). The quantitative estimate of drug-likeness (QED) is 0.455. The van der Waals surface area contributed by atoms with Crippen molar-refractivity contribution in [3.8, 4) is 11.1 Å². The largest absolute Gasteiger partial charge is 0.366 e. The lowest BCUT2D eigenvalue weighted by molar-refractivity contribution is 0.0950. The van der Waals surface area contributed by atoms with Crippen molar-refractivity contribution < 1.29 is 14.0 Å². The van der Waals surface area contributed by atoms with Crippen LogP contribution in [0.1, 0.15) is 25.6 Å². The zero-order chi connectivity index (χ0) is 21.3. The predicted octanol–water partition coefficient (Wildman–Crippen LogP) is 2.47. The van der Waals surface area contributed by atoms with Gasteiger partial charge in [-0.1, -0.05) is 12.1 Å². The lowest BCUT2D eigenvalue weighted by Crippen LogP contribution is -2.21. The Balaban J connectivity index is 1.58. The molecule has 4 N–H and O–H groups in total. The maximum Gasteiger partial charge on any atom is 0.261 e. The second kappa shape index (κ2) is 7.91. The molecule has 0 aliphatic rings. The number of amides is 2. The lowest BCUT2D eigenvalue weighted by Gasteiger charge is -2.05. The third kappa shape index (κ3) is 3.85. The van der Waals surface area contributed by atoms with Crippen molar-refractivity contribution in [2.45, 2.75) is 6.54 Å². The Kier molecular flexibility index (Phi) is 5.15. The fraction of sp³-hybridized carbons (Fsp3) is 0.100. The Morgan fingerprint density at radius 3 is 2.67 bits per heavy atom. The van der Waals surface area contributed by atoms with Crippen LogP contribution in [0.2, 0.25) is 0 Å². The SMILES string of the molecule is CNC(=O)c1cc(-c2csc(C(=O)NCc3ccc(F)cc3)c2)cn2nc(N)nc12. The van der Waals surface area contributed by atoms with Gasteiger partial charge in [-0.15, -0.1) is 16.4 Å². The summed E-state index contributed by atoms with van der Waals surface area (Å²) in [6, 6.07) is 9.36. The van der Waals surface area contributed by atoms with Crippen LogP contribution in [-0.4, -0.2) is 33.5 Å². The number of fused-ring (bicyclic) bond motifs is 1. The molecule has 0 spiro atoms. The minimum atomic E-state index is -0.324. The Morgan fingerprint density at radius 1 is 1.17 bits per heavy atom. The van der Waals surface area contributed by atoms with Gasteiger partial charge in [-0.05, 0) is 40.8 Å². The van der Waals surface area contributed by atoms with Gasteiger partial charge in [-0.2, -0.15) is 4.98 Å². The van der Waals surface area contributed by atoms with E-state index in [9.17, 15) is 14.0 Å². The van der Waals surface area contributed by atoms with E-state index in [1.165, 1.54) is 35.0 Å². The first-order valence-corrected chi connectivity index (χ1v) is 9.82. The van der Waals surface area contributed by atoms with E-state index in [-0.39, 0.29) is 30.1 Å². The monoisotopic (exact) mass is 424 g/mol. The number of carbonyl (C=O) groups excluding carboxylic acids is 2. The Labute approximate surface area is 174 Å². The molecule has 0 fully saturated rings. The van der Waals surface area contributed by atoms with Crippen molar-refractivity contribution in [2.24, 2.45) is 0 Å².